The Bertz CT molecular complexity index is 626. The number of hydrogen-bond acceptors (Lipinski definition) is 7. The Morgan fingerprint density at radius 3 is 2.76 bits per heavy atom. The minimum Gasteiger partial charge on any atom is -0.462 e. The zero-order valence-corrected chi connectivity index (χ0v) is 13.3. The number of carbonyl (C=O) groups is 1. The number of carbonyl (C=O) groups excluding carboxylic acids is 1. The van der Waals surface area contributed by atoms with E-state index >= 15 is 0 Å². The second-order valence-corrected chi connectivity index (χ2v) is 5.89. The SMILES string of the molecule is CCOC(=O)c1cnc(NC(C)(C)c2nccs2)nc1C. The molecule has 2 aromatic heterocycles. The zero-order chi connectivity index (χ0) is 15.5. The second-order valence-electron chi connectivity index (χ2n) is 5.00. The van der Waals surface area contributed by atoms with E-state index in [1.165, 1.54) is 6.20 Å². The van der Waals surface area contributed by atoms with Crippen molar-refractivity contribution in [2.75, 3.05) is 11.9 Å². The molecule has 0 unspecified atom stereocenters. The summed E-state index contributed by atoms with van der Waals surface area (Å²) in [5, 5.41) is 6.10. The molecule has 0 fully saturated rings. The predicted octanol–water partition coefficient (Wildman–Crippen LogP) is 2.77. The fraction of sp³-hybridized carbons (Fsp3) is 0.429. The summed E-state index contributed by atoms with van der Waals surface area (Å²) in [7, 11) is 0. The van der Waals surface area contributed by atoms with E-state index in [1.807, 2.05) is 19.2 Å². The van der Waals surface area contributed by atoms with E-state index in [-0.39, 0.29) is 5.54 Å². The van der Waals surface area contributed by atoms with Crippen molar-refractivity contribution in [3.8, 4) is 0 Å². The third-order valence-electron chi connectivity index (χ3n) is 2.87. The van der Waals surface area contributed by atoms with Crippen LogP contribution in [0.2, 0.25) is 0 Å². The average Bonchev–Trinajstić information content (AvgIpc) is 2.93. The van der Waals surface area contributed by atoms with Gasteiger partial charge in [-0.3, -0.25) is 0 Å². The van der Waals surface area contributed by atoms with Gasteiger partial charge in [0.2, 0.25) is 5.95 Å². The topological polar surface area (TPSA) is 77.0 Å². The first-order chi connectivity index (χ1) is 9.94. The summed E-state index contributed by atoms with van der Waals surface area (Å²) in [6.45, 7) is 7.86. The maximum Gasteiger partial charge on any atom is 0.341 e. The van der Waals surface area contributed by atoms with Crippen molar-refractivity contribution in [3.63, 3.8) is 0 Å². The first kappa shape index (κ1) is 15.4. The lowest BCUT2D eigenvalue weighted by Crippen LogP contribution is -2.29. The second kappa shape index (κ2) is 6.17. The molecule has 0 saturated carbocycles. The van der Waals surface area contributed by atoms with Crippen LogP contribution >= 0.6 is 11.3 Å². The molecule has 1 N–H and O–H groups in total. The van der Waals surface area contributed by atoms with Crippen LogP contribution in [0.25, 0.3) is 0 Å². The summed E-state index contributed by atoms with van der Waals surface area (Å²) < 4.78 is 4.96. The maximum atomic E-state index is 11.7. The van der Waals surface area contributed by atoms with E-state index in [0.717, 1.165) is 5.01 Å². The number of nitrogens with one attached hydrogen (secondary N) is 1. The molecule has 2 rings (SSSR count). The fourth-order valence-corrected chi connectivity index (χ4v) is 2.52. The van der Waals surface area contributed by atoms with Gasteiger partial charge in [0.25, 0.3) is 0 Å². The highest BCUT2D eigenvalue weighted by atomic mass is 32.1. The molecule has 21 heavy (non-hydrogen) atoms. The molecule has 6 nitrogen and oxygen atoms in total. The van der Waals surface area contributed by atoms with Crippen LogP contribution in [0.5, 0.6) is 0 Å². The Morgan fingerprint density at radius 2 is 2.19 bits per heavy atom. The van der Waals surface area contributed by atoms with E-state index in [4.69, 9.17) is 4.74 Å². The Morgan fingerprint density at radius 1 is 1.43 bits per heavy atom. The van der Waals surface area contributed by atoms with Crippen molar-refractivity contribution in [2.45, 2.75) is 33.2 Å². The molecule has 2 aromatic rings. The highest BCUT2D eigenvalue weighted by molar-refractivity contribution is 7.09. The highest BCUT2D eigenvalue weighted by Gasteiger charge is 2.24. The summed E-state index contributed by atoms with van der Waals surface area (Å²) in [5.74, 6) is 0.0569. The fourth-order valence-electron chi connectivity index (χ4n) is 1.80. The van der Waals surface area contributed by atoms with Gasteiger partial charge in [-0.2, -0.15) is 0 Å². The first-order valence-electron chi connectivity index (χ1n) is 6.63. The van der Waals surface area contributed by atoms with Gasteiger partial charge < -0.3 is 10.1 Å². The van der Waals surface area contributed by atoms with Crippen molar-refractivity contribution in [1.82, 2.24) is 15.0 Å². The molecule has 0 aliphatic rings. The van der Waals surface area contributed by atoms with Crippen LogP contribution in [0.1, 0.15) is 41.8 Å². The van der Waals surface area contributed by atoms with Crippen molar-refractivity contribution < 1.29 is 9.53 Å². The van der Waals surface area contributed by atoms with Gasteiger partial charge in [0, 0.05) is 17.8 Å². The summed E-state index contributed by atoms with van der Waals surface area (Å²) in [5.41, 5.74) is 0.585. The predicted molar refractivity (Wildman–Crippen MR) is 81.5 cm³/mol. The molecule has 0 amide bonds. The van der Waals surface area contributed by atoms with Gasteiger partial charge in [-0.15, -0.1) is 11.3 Å². The first-order valence-corrected chi connectivity index (χ1v) is 7.51. The highest BCUT2D eigenvalue weighted by Crippen LogP contribution is 2.25. The number of ether oxygens (including phenoxy) is 1. The van der Waals surface area contributed by atoms with Crippen LogP contribution in [0.4, 0.5) is 5.95 Å². The quantitative estimate of drug-likeness (QED) is 0.856. The molecule has 0 spiro atoms. The largest absolute Gasteiger partial charge is 0.462 e. The lowest BCUT2D eigenvalue weighted by molar-refractivity contribution is 0.0524. The molecule has 0 atom stereocenters. The van der Waals surface area contributed by atoms with Crippen LogP contribution in [-0.4, -0.2) is 27.5 Å². The number of nitrogens with zero attached hydrogens (tertiary/aromatic N) is 3. The minimum atomic E-state index is -0.402. The number of esters is 1. The number of thiazole rings is 1. The van der Waals surface area contributed by atoms with Gasteiger partial charge in [0.15, 0.2) is 0 Å². The number of rotatable bonds is 5. The number of anilines is 1. The lowest BCUT2D eigenvalue weighted by atomic mass is 10.1. The lowest BCUT2D eigenvalue weighted by Gasteiger charge is -2.23. The van der Waals surface area contributed by atoms with Crippen molar-refractivity contribution in [1.29, 1.82) is 0 Å². The Balaban J connectivity index is 2.19. The summed E-state index contributed by atoms with van der Waals surface area (Å²) in [6.07, 6.45) is 3.25. The smallest absolute Gasteiger partial charge is 0.341 e. The molecule has 0 aliphatic heterocycles. The summed E-state index contributed by atoms with van der Waals surface area (Å²) >= 11 is 1.56. The number of aryl methyl sites for hydroxylation is 1. The van der Waals surface area contributed by atoms with Crippen molar-refractivity contribution in [3.05, 3.63) is 34.0 Å². The van der Waals surface area contributed by atoms with Crippen molar-refractivity contribution >= 4 is 23.3 Å². The molecule has 0 aliphatic carbocycles. The minimum absolute atomic E-state index is 0.329. The van der Waals surface area contributed by atoms with Crippen LogP contribution in [0.15, 0.2) is 17.8 Å². The maximum absolute atomic E-state index is 11.7. The van der Waals surface area contributed by atoms with Gasteiger partial charge in [0.1, 0.15) is 5.01 Å². The van der Waals surface area contributed by atoms with Crippen LogP contribution < -0.4 is 5.32 Å². The van der Waals surface area contributed by atoms with Gasteiger partial charge >= 0.3 is 5.97 Å². The normalized spacial score (nSPS) is 11.2. The molecule has 112 valence electrons. The standard InChI is InChI=1S/C14H18N4O2S/c1-5-20-11(19)10-8-16-13(17-9(10)2)18-14(3,4)12-15-6-7-21-12/h6-8H,5H2,1-4H3,(H,16,17,18). The van der Waals surface area contributed by atoms with Gasteiger partial charge in [0.05, 0.1) is 23.4 Å². The molecule has 2 heterocycles. The van der Waals surface area contributed by atoms with Crippen molar-refractivity contribution in [2.24, 2.45) is 0 Å². The number of aromatic nitrogens is 3. The van der Waals surface area contributed by atoms with Crippen LogP contribution in [0, 0.1) is 6.92 Å². The molecular weight excluding hydrogens is 288 g/mol. The van der Waals surface area contributed by atoms with Gasteiger partial charge in [-0.05, 0) is 27.7 Å². The summed E-state index contributed by atoms with van der Waals surface area (Å²) in [4.78, 5) is 24.5. The van der Waals surface area contributed by atoms with E-state index < -0.39 is 5.97 Å². The van der Waals surface area contributed by atoms with Crippen LogP contribution in [0.3, 0.4) is 0 Å². The molecular formula is C14H18N4O2S. The molecule has 0 saturated heterocycles. The molecule has 0 radical (unpaired) electrons. The van der Waals surface area contributed by atoms with E-state index in [0.29, 0.717) is 23.8 Å². The molecule has 0 aromatic carbocycles. The van der Waals surface area contributed by atoms with E-state index in [9.17, 15) is 4.79 Å². The Hall–Kier alpha value is -2.02. The third kappa shape index (κ3) is 3.55. The van der Waals surface area contributed by atoms with E-state index in [2.05, 4.69) is 20.3 Å². The molecule has 0 bridgehead atoms. The Labute approximate surface area is 127 Å². The molecule has 7 heteroatoms. The van der Waals surface area contributed by atoms with Gasteiger partial charge in [-0.25, -0.2) is 19.7 Å². The van der Waals surface area contributed by atoms with E-state index in [1.54, 1.807) is 31.4 Å². The summed E-state index contributed by atoms with van der Waals surface area (Å²) in [6, 6.07) is 0. The monoisotopic (exact) mass is 306 g/mol. The van der Waals surface area contributed by atoms with Crippen LogP contribution in [-0.2, 0) is 10.3 Å². The third-order valence-corrected chi connectivity index (χ3v) is 3.96. The Kier molecular flexibility index (Phi) is 4.52. The van der Waals surface area contributed by atoms with Gasteiger partial charge in [-0.1, -0.05) is 0 Å². The average molecular weight is 306 g/mol. The zero-order valence-electron chi connectivity index (χ0n) is 12.5. The number of hydrogen-bond donors (Lipinski definition) is 1.